The molecule has 22 heavy (non-hydrogen) atoms. The molecule has 0 fully saturated rings. The molecule has 7 heteroatoms. The van der Waals surface area contributed by atoms with Crippen LogP contribution in [0.25, 0.3) is 11.4 Å². The van der Waals surface area contributed by atoms with Crippen molar-refractivity contribution in [2.24, 2.45) is 0 Å². The van der Waals surface area contributed by atoms with Gasteiger partial charge in [-0.1, -0.05) is 13.0 Å². The number of hydrogen-bond donors (Lipinski definition) is 1. The molecule has 0 bridgehead atoms. The first-order valence-corrected chi connectivity index (χ1v) is 6.60. The lowest BCUT2D eigenvalue weighted by molar-refractivity contribution is 0.0590. The van der Waals surface area contributed by atoms with Crippen molar-refractivity contribution >= 4 is 11.8 Å². The van der Waals surface area contributed by atoms with Gasteiger partial charge in [0.25, 0.3) is 0 Å². The van der Waals surface area contributed by atoms with E-state index in [0.29, 0.717) is 6.42 Å². The third kappa shape index (κ3) is 2.83. The van der Waals surface area contributed by atoms with Crippen molar-refractivity contribution < 1.29 is 18.7 Å². The van der Waals surface area contributed by atoms with Crippen LogP contribution < -0.4 is 10.5 Å². The number of methoxy groups -OCH3 is 2. The van der Waals surface area contributed by atoms with Crippen molar-refractivity contribution in [3.8, 4) is 17.1 Å². The van der Waals surface area contributed by atoms with Crippen LogP contribution in [0.4, 0.5) is 10.2 Å². The predicted molar refractivity (Wildman–Crippen MR) is 79.1 cm³/mol. The number of esters is 1. The van der Waals surface area contributed by atoms with Gasteiger partial charge in [-0.2, -0.15) is 0 Å². The smallest absolute Gasteiger partial charge is 0.360 e. The maximum atomic E-state index is 14.2. The van der Waals surface area contributed by atoms with Gasteiger partial charge in [0.1, 0.15) is 5.82 Å². The predicted octanol–water partition coefficient (Wildman–Crippen LogP) is 2.22. The summed E-state index contributed by atoms with van der Waals surface area (Å²) in [5, 5.41) is 0. The van der Waals surface area contributed by atoms with E-state index in [4.69, 9.17) is 10.5 Å². The van der Waals surface area contributed by atoms with Gasteiger partial charge in [0.15, 0.2) is 23.1 Å². The van der Waals surface area contributed by atoms with Crippen molar-refractivity contribution in [1.29, 1.82) is 0 Å². The second kappa shape index (κ2) is 6.38. The molecule has 0 aliphatic carbocycles. The highest BCUT2D eigenvalue weighted by atomic mass is 19.1. The van der Waals surface area contributed by atoms with Gasteiger partial charge >= 0.3 is 5.97 Å². The average Bonchev–Trinajstić information content (AvgIpc) is 2.53. The van der Waals surface area contributed by atoms with Crippen LogP contribution in [-0.4, -0.2) is 30.2 Å². The summed E-state index contributed by atoms with van der Waals surface area (Å²) >= 11 is 0. The minimum absolute atomic E-state index is 0.00106. The summed E-state index contributed by atoms with van der Waals surface area (Å²) in [5.74, 6) is -1.29. The van der Waals surface area contributed by atoms with Crippen LogP contribution in [0.1, 0.15) is 23.0 Å². The fourth-order valence-electron chi connectivity index (χ4n) is 1.98. The molecule has 6 nitrogen and oxygen atoms in total. The lowest BCUT2D eigenvalue weighted by Crippen LogP contribution is -2.12. The number of halogens is 1. The number of aromatic nitrogens is 2. The van der Waals surface area contributed by atoms with E-state index in [2.05, 4.69) is 14.7 Å². The van der Waals surface area contributed by atoms with Gasteiger partial charge in [-0.3, -0.25) is 0 Å². The monoisotopic (exact) mass is 305 g/mol. The Labute approximate surface area is 127 Å². The summed E-state index contributed by atoms with van der Waals surface area (Å²) in [6.07, 6.45) is 0.705. The summed E-state index contributed by atoms with van der Waals surface area (Å²) in [7, 11) is 2.54. The van der Waals surface area contributed by atoms with Crippen LogP contribution in [0, 0.1) is 5.82 Å². The lowest BCUT2D eigenvalue weighted by Gasteiger charge is -2.11. The summed E-state index contributed by atoms with van der Waals surface area (Å²) in [6, 6.07) is 4.72. The first-order valence-electron chi connectivity index (χ1n) is 6.60. The van der Waals surface area contributed by atoms with E-state index in [1.807, 2.05) is 6.92 Å². The maximum Gasteiger partial charge on any atom is 0.360 e. The Morgan fingerprint density at radius 3 is 2.59 bits per heavy atom. The van der Waals surface area contributed by atoms with Gasteiger partial charge in [-0.15, -0.1) is 0 Å². The highest BCUT2D eigenvalue weighted by Gasteiger charge is 2.22. The molecule has 2 rings (SSSR count). The van der Waals surface area contributed by atoms with Crippen LogP contribution in [0.2, 0.25) is 0 Å². The fourth-order valence-corrected chi connectivity index (χ4v) is 1.98. The number of rotatable bonds is 4. The quantitative estimate of drug-likeness (QED) is 0.871. The molecule has 2 N–H and O–H groups in total. The molecule has 0 atom stereocenters. The number of anilines is 1. The number of hydrogen-bond acceptors (Lipinski definition) is 6. The van der Waals surface area contributed by atoms with E-state index in [0.717, 1.165) is 5.56 Å². The fraction of sp³-hybridized carbons (Fsp3) is 0.267. The molecule has 0 unspecified atom stereocenters. The minimum Gasteiger partial charge on any atom is -0.491 e. The molecule has 0 amide bonds. The van der Waals surface area contributed by atoms with E-state index >= 15 is 0 Å². The van der Waals surface area contributed by atoms with E-state index in [-0.39, 0.29) is 28.6 Å². The van der Waals surface area contributed by atoms with E-state index in [9.17, 15) is 9.18 Å². The summed E-state index contributed by atoms with van der Waals surface area (Å²) in [6.45, 7) is 1.92. The topological polar surface area (TPSA) is 87.3 Å². The van der Waals surface area contributed by atoms with Gasteiger partial charge in [0.2, 0.25) is 0 Å². The highest BCUT2D eigenvalue weighted by molar-refractivity contribution is 5.92. The molecule has 116 valence electrons. The van der Waals surface area contributed by atoms with Crippen molar-refractivity contribution in [3.05, 3.63) is 35.3 Å². The standard InChI is InChI=1S/C15H16FN3O3/c1-4-8-5-6-9(10(16)7-8)14-18-11(15(20)22-3)12(21-2)13(17)19-14/h5-7H,4H2,1-3H3,(H2,17,18,19). The van der Waals surface area contributed by atoms with E-state index in [1.165, 1.54) is 20.3 Å². The number of carbonyl (C=O) groups excluding carboxylic acids is 1. The van der Waals surface area contributed by atoms with Gasteiger partial charge in [-0.25, -0.2) is 19.2 Å². The van der Waals surface area contributed by atoms with Gasteiger partial charge in [-0.05, 0) is 24.1 Å². The van der Waals surface area contributed by atoms with Gasteiger partial charge in [0, 0.05) is 0 Å². The number of nitrogens with two attached hydrogens (primary N) is 1. The molecule has 1 heterocycles. The number of ether oxygens (including phenoxy) is 2. The lowest BCUT2D eigenvalue weighted by atomic mass is 10.1. The molecule has 1 aromatic heterocycles. The minimum atomic E-state index is -0.738. The van der Waals surface area contributed by atoms with Crippen LogP contribution in [0.15, 0.2) is 18.2 Å². The van der Waals surface area contributed by atoms with Crippen molar-refractivity contribution in [1.82, 2.24) is 9.97 Å². The SMILES string of the molecule is CCc1ccc(-c2nc(N)c(OC)c(C(=O)OC)n2)c(F)c1. The Balaban J connectivity index is 2.62. The zero-order valence-electron chi connectivity index (χ0n) is 12.5. The third-order valence-corrected chi connectivity index (χ3v) is 3.16. The van der Waals surface area contributed by atoms with Gasteiger partial charge in [0.05, 0.1) is 19.8 Å². The molecule has 0 saturated heterocycles. The second-order valence-corrected chi connectivity index (χ2v) is 4.47. The summed E-state index contributed by atoms with van der Waals surface area (Å²) in [5.41, 5.74) is 6.61. The van der Waals surface area contributed by atoms with Crippen LogP contribution in [-0.2, 0) is 11.2 Å². The van der Waals surface area contributed by atoms with Gasteiger partial charge < -0.3 is 15.2 Å². The van der Waals surface area contributed by atoms with Crippen molar-refractivity contribution in [3.63, 3.8) is 0 Å². The van der Waals surface area contributed by atoms with Crippen LogP contribution >= 0.6 is 0 Å². The van der Waals surface area contributed by atoms with E-state index in [1.54, 1.807) is 12.1 Å². The molecule has 2 aromatic rings. The molecule has 0 aliphatic heterocycles. The Bertz CT molecular complexity index is 719. The number of nitrogens with zero attached hydrogens (tertiary/aromatic N) is 2. The number of aryl methyl sites for hydroxylation is 1. The zero-order valence-corrected chi connectivity index (χ0v) is 12.5. The molecule has 0 aliphatic rings. The largest absolute Gasteiger partial charge is 0.491 e. The summed E-state index contributed by atoms with van der Waals surface area (Å²) in [4.78, 5) is 19.8. The Kier molecular flexibility index (Phi) is 4.55. The normalized spacial score (nSPS) is 10.4. The molecular weight excluding hydrogens is 289 g/mol. The Hall–Kier alpha value is -2.70. The number of carbonyl (C=O) groups is 1. The van der Waals surface area contributed by atoms with Crippen LogP contribution in [0.3, 0.4) is 0 Å². The molecular formula is C15H16FN3O3. The second-order valence-electron chi connectivity index (χ2n) is 4.47. The highest BCUT2D eigenvalue weighted by Crippen LogP contribution is 2.28. The number of nitrogen functional groups attached to an aromatic ring is 1. The average molecular weight is 305 g/mol. The summed E-state index contributed by atoms with van der Waals surface area (Å²) < 4.78 is 23.8. The third-order valence-electron chi connectivity index (χ3n) is 3.16. The molecule has 0 saturated carbocycles. The van der Waals surface area contributed by atoms with Crippen molar-refractivity contribution in [2.45, 2.75) is 13.3 Å². The van der Waals surface area contributed by atoms with Crippen molar-refractivity contribution in [2.75, 3.05) is 20.0 Å². The number of benzene rings is 1. The Morgan fingerprint density at radius 1 is 1.32 bits per heavy atom. The van der Waals surface area contributed by atoms with Crippen LogP contribution in [0.5, 0.6) is 5.75 Å². The van der Waals surface area contributed by atoms with E-state index < -0.39 is 11.8 Å². The Morgan fingerprint density at radius 2 is 2.05 bits per heavy atom. The first-order chi connectivity index (χ1) is 10.5. The maximum absolute atomic E-state index is 14.2. The molecule has 1 aromatic carbocycles. The first kappa shape index (κ1) is 15.7. The molecule has 0 spiro atoms. The molecule has 0 radical (unpaired) electrons. The zero-order chi connectivity index (χ0) is 16.3.